The molecule has 0 aliphatic rings. The summed E-state index contributed by atoms with van der Waals surface area (Å²) in [6.45, 7) is 0. The SMILES string of the molecule is O=C(CSc1nc2nc[nH]c2c(=O)[nH]1)Nc1nccs1. The molecule has 8 nitrogen and oxygen atoms in total. The number of hydrogen-bond donors (Lipinski definition) is 3. The van der Waals surface area contributed by atoms with Crippen LogP contribution in [-0.4, -0.2) is 36.6 Å². The first-order valence-electron chi connectivity index (χ1n) is 5.48. The number of rotatable bonds is 4. The van der Waals surface area contributed by atoms with Crippen LogP contribution in [0.4, 0.5) is 5.13 Å². The summed E-state index contributed by atoms with van der Waals surface area (Å²) in [6.07, 6.45) is 3.01. The zero-order valence-electron chi connectivity index (χ0n) is 9.91. The van der Waals surface area contributed by atoms with Gasteiger partial charge < -0.3 is 10.3 Å². The van der Waals surface area contributed by atoms with E-state index < -0.39 is 0 Å². The van der Waals surface area contributed by atoms with E-state index in [1.807, 2.05) is 0 Å². The van der Waals surface area contributed by atoms with Gasteiger partial charge in [0.1, 0.15) is 0 Å². The minimum absolute atomic E-state index is 0.123. The summed E-state index contributed by atoms with van der Waals surface area (Å²) in [5, 5.41) is 5.31. The zero-order chi connectivity index (χ0) is 13.9. The van der Waals surface area contributed by atoms with Crippen LogP contribution in [0.15, 0.2) is 27.9 Å². The number of hydrogen-bond acceptors (Lipinski definition) is 7. The summed E-state index contributed by atoms with van der Waals surface area (Å²) in [6, 6.07) is 0. The average Bonchev–Trinajstić information content (AvgIpc) is 3.07. The van der Waals surface area contributed by atoms with E-state index in [0.717, 1.165) is 11.8 Å². The minimum Gasteiger partial charge on any atom is -0.339 e. The van der Waals surface area contributed by atoms with Gasteiger partial charge >= 0.3 is 0 Å². The molecule has 1 amide bonds. The molecule has 3 N–H and O–H groups in total. The van der Waals surface area contributed by atoms with Gasteiger partial charge in [-0.05, 0) is 0 Å². The Morgan fingerprint density at radius 1 is 1.45 bits per heavy atom. The molecule has 10 heteroatoms. The van der Waals surface area contributed by atoms with Crippen molar-refractivity contribution in [3.8, 4) is 0 Å². The van der Waals surface area contributed by atoms with Crippen molar-refractivity contribution in [3.63, 3.8) is 0 Å². The molecule has 3 aromatic rings. The first kappa shape index (κ1) is 12.8. The van der Waals surface area contributed by atoms with Crippen LogP contribution < -0.4 is 10.9 Å². The molecule has 20 heavy (non-hydrogen) atoms. The highest BCUT2D eigenvalue weighted by Crippen LogP contribution is 2.15. The number of imidazole rings is 1. The smallest absolute Gasteiger partial charge is 0.277 e. The van der Waals surface area contributed by atoms with Crippen molar-refractivity contribution in [1.29, 1.82) is 0 Å². The Bertz CT molecular complexity index is 794. The quantitative estimate of drug-likeness (QED) is 0.485. The molecule has 0 radical (unpaired) electrons. The van der Waals surface area contributed by atoms with E-state index in [2.05, 4.69) is 30.2 Å². The van der Waals surface area contributed by atoms with E-state index >= 15 is 0 Å². The van der Waals surface area contributed by atoms with E-state index in [0.29, 0.717) is 21.5 Å². The van der Waals surface area contributed by atoms with Gasteiger partial charge in [-0.1, -0.05) is 11.8 Å². The molecule has 102 valence electrons. The molecule has 0 unspecified atom stereocenters. The summed E-state index contributed by atoms with van der Waals surface area (Å²) in [5.41, 5.74) is 0.341. The third kappa shape index (κ3) is 2.70. The summed E-state index contributed by atoms with van der Waals surface area (Å²) < 4.78 is 0. The van der Waals surface area contributed by atoms with Crippen molar-refractivity contribution in [1.82, 2.24) is 24.9 Å². The number of nitrogens with zero attached hydrogens (tertiary/aromatic N) is 3. The van der Waals surface area contributed by atoms with Crippen LogP contribution in [-0.2, 0) is 4.79 Å². The topological polar surface area (TPSA) is 116 Å². The van der Waals surface area contributed by atoms with Crippen molar-refractivity contribution in [3.05, 3.63) is 28.3 Å². The van der Waals surface area contributed by atoms with Gasteiger partial charge in [0.25, 0.3) is 5.56 Å². The Balaban J connectivity index is 1.67. The van der Waals surface area contributed by atoms with E-state index in [-0.39, 0.29) is 17.2 Å². The number of carbonyl (C=O) groups is 1. The Labute approximate surface area is 120 Å². The second kappa shape index (κ2) is 5.43. The van der Waals surface area contributed by atoms with Gasteiger partial charge in [-0.3, -0.25) is 14.6 Å². The lowest BCUT2D eigenvalue weighted by molar-refractivity contribution is -0.113. The van der Waals surface area contributed by atoms with Crippen molar-refractivity contribution in [2.75, 3.05) is 11.1 Å². The molecule has 0 aliphatic heterocycles. The number of thiazole rings is 1. The predicted molar refractivity (Wildman–Crippen MR) is 76.0 cm³/mol. The van der Waals surface area contributed by atoms with Crippen LogP contribution in [0.1, 0.15) is 0 Å². The molecule has 0 atom stereocenters. The van der Waals surface area contributed by atoms with Gasteiger partial charge in [0.2, 0.25) is 5.91 Å². The molecule has 0 aromatic carbocycles. The maximum absolute atomic E-state index is 11.7. The first-order chi connectivity index (χ1) is 9.72. The van der Waals surface area contributed by atoms with Gasteiger partial charge in [0.15, 0.2) is 21.5 Å². The number of thioether (sulfide) groups is 1. The summed E-state index contributed by atoms with van der Waals surface area (Å²) in [4.78, 5) is 40.6. The van der Waals surface area contributed by atoms with Crippen molar-refractivity contribution >= 4 is 45.3 Å². The molecular weight excluding hydrogens is 300 g/mol. The lowest BCUT2D eigenvalue weighted by Gasteiger charge is -2.01. The Hall–Kier alpha value is -2.20. The monoisotopic (exact) mass is 308 g/mol. The number of carbonyl (C=O) groups excluding carboxylic acids is 1. The fraction of sp³-hybridized carbons (Fsp3) is 0.100. The van der Waals surface area contributed by atoms with Crippen LogP contribution in [0.5, 0.6) is 0 Å². The number of fused-ring (bicyclic) bond motifs is 1. The number of aromatic nitrogens is 5. The highest BCUT2D eigenvalue weighted by Gasteiger charge is 2.09. The summed E-state index contributed by atoms with van der Waals surface area (Å²) >= 11 is 2.47. The van der Waals surface area contributed by atoms with Crippen molar-refractivity contribution in [2.24, 2.45) is 0 Å². The minimum atomic E-state index is -0.310. The average molecular weight is 308 g/mol. The molecule has 3 heterocycles. The number of H-pyrrole nitrogens is 2. The standard InChI is InChI=1S/C10H8N6O2S2/c17-5(14-9-11-1-2-19-9)3-20-10-15-7-6(8(18)16-10)12-4-13-7/h1-2,4H,3H2,(H,11,14,17)(H2,12,13,15,16,18). The molecule has 3 rings (SSSR count). The normalized spacial score (nSPS) is 10.8. The Kier molecular flexibility index (Phi) is 3.48. The molecule has 0 fully saturated rings. The number of nitrogens with one attached hydrogen (secondary N) is 3. The van der Waals surface area contributed by atoms with Crippen molar-refractivity contribution < 1.29 is 4.79 Å². The number of aromatic amines is 2. The Morgan fingerprint density at radius 2 is 2.35 bits per heavy atom. The molecule has 0 bridgehead atoms. The molecule has 3 aromatic heterocycles. The third-order valence-corrected chi connectivity index (χ3v) is 3.85. The number of amides is 1. The van der Waals surface area contributed by atoms with E-state index in [1.165, 1.54) is 17.7 Å². The van der Waals surface area contributed by atoms with Crippen LogP contribution >= 0.6 is 23.1 Å². The van der Waals surface area contributed by atoms with Crippen LogP contribution in [0.3, 0.4) is 0 Å². The molecule has 0 saturated carbocycles. The van der Waals surface area contributed by atoms with Gasteiger partial charge in [-0.25, -0.2) is 15.0 Å². The van der Waals surface area contributed by atoms with Crippen LogP contribution in [0.2, 0.25) is 0 Å². The second-order valence-corrected chi connectivity index (χ2v) is 5.50. The zero-order valence-corrected chi connectivity index (χ0v) is 11.5. The van der Waals surface area contributed by atoms with Gasteiger partial charge in [-0.15, -0.1) is 11.3 Å². The predicted octanol–water partition coefficient (Wildman–Crippen LogP) is 0.833. The number of anilines is 1. The molecule has 0 saturated heterocycles. The van der Waals surface area contributed by atoms with Gasteiger partial charge in [0.05, 0.1) is 12.1 Å². The summed E-state index contributed by atoms with van der Waals surface area (Å²) in [7, 11) is 0. The molecular formula is C10H8N6O2S2. The second-order valence-electron chi connectivity index (χ2n) is 3.65. The third-order valence-electron chi connectivity index (χ3n) is 2.29. The lowest BCUT2D eigenvalue weighted by atomic mass is 10.6. The fourth-order valence-corrected chi connectivity index (χ4v) is 2.67. The lowest BCUT2D eigenvalue weighted by Crippen LogP contribution is -2.15. The Morgan fingerprint density at radius 3 is 3.15 bits per heavy atom. The molecule has 0 aliphatic carbocycles. The highest BCUT2D eigenvalue weighted by atomic mass is 32.2. The highest BCUT2D eigenvalue weighted by molar-refractivity contribution is 7.99. The van der Waals surface area contributed by atoms with E-state index in [9.17, 15) is 9.59 Å². The first-order valence-corrected chi connectivity index (χ1v) is 7.34. The molecule has 0 spiro atoms. The van der Waals surface area contributed by atoms with Crippen LogP contribution in [0, 0.1) is 0 Å². The van der Waals surface area contributed by atoms with E-state index in [1.54, 1.807) is 11.6 Å². The maximum atomic E-state index is 11.7. The fourth-order valence-electron chi connectivity index (χ4n) is 1.47. The van der Waals surface area contributed by atoms with E-state index in [4.69, 9.17) is 0 Å². The van der Waals surface area contributed by atoms with Crippen molar-refractivity contribution in [2.45, 2.75) is 5.16 Å². The van der Waals surface area contributed by atoms with Crippen LogP contribution in [0.25, 0.3) is 11.2 Å². The maximum Gasteiger partial charge on any atom is 0.277 e. The van der Waals surface area contributed by atoms with Gasteiger partial charge in [0, 0.05) is 11.6 Å². The van der Waals surface area contributed by atoms with Gasteiger partial charge in [-0.2, -0.15) is 0 Å². The largest absolute Gasteiger partial charge is 0.339 e. The summed E-state index contributed by atoms with van der Waals surface area (Å²) in [5.74, 6) is -0.0898.